The highest BCUT2D eigenvalue weighted by Gasteiger charge is 2.50. The number of allylic oxidation sites excluding steroid dienone is 1. The molecule has 0 radical (unpaired) electrons. The third kappa shape index (κ3) is 15.5. The van der Waals surface area contributed by atoms with Crippen molar-refractivity contribution in [2.45, 2.75) is 208 Å². The molecule has 0 aliphatic heterocycles. The highest BCUT2D eigenvalue weighted by atomic mass is 32.1. The summed E-state index contributed by atoms with van der Waals surface area (Å²) in [5.74, 6) is -0.607. The first-order chi connectivity index (χ1) is 25.6. The van der Waals surface area contributed by atoms with Crippen LogP contribution in [0.4, 0.5) is 0 Å². The van der Waals surface area contributed by atoms with Gasteiger partial charge in [-0.25, -0.2) is 4.98 Å². The van der Waals surface area contributed by atoms with Crippen molar-refractivity contribution in [2.75, 3.05) is 0 Å². The van der Waals surface area contributed by atoms with E-state index in [0.29, 0.717) is 13.0 Å². The van der Waals surface area contributed by atoms with Gasteiger partial charge in [-0.2, -0.15) is 0 Å². The minimum absolute atomic E-state index is 0.0163. The van der Waals surface area contributed by atoms with Crippen LogP contribution in [0.1, 0.15) is 140 Å². The lowest BCUT2D eigenvalue weighted by atomic mass is 9.73. The lowest BCUT2D eigenvalue weighted by Gasteiger charge is -2.46. The molecular formula is C46H85NO6SSi3. The van der Waals surface area contributed by atoms with E-state index in [1.807, 2.05) is 45.2 Å². The van der Waals surface area contributed by atoms with E-state index in [1.54, 1.807) is 17.4 Å². The van der Waals surface area contributed by atoms with E-state index in [1.165, 1.54) is 0 Å². The van der Waals surface area contributed by atoms with Gasteiger partial charge >= 0.3 is 5.97 Å². The summed E-state index contributed by atoms with van der Waals surface area (Å²) in [6, 6.07) is 0. The molecule has 0 fully saturated rings. The van der Waals surface area contributed by atoms with Gasteiger partial charge in [-0.3, -0.25) is 9.59 Å². The number of aromatic nitrogens is 1. The quantitative estimate of drug-likeness (QED) is 0.0469. The topological polar surface area (TPSA) is 84.0 Å². The fourth-order valence-electron chi connectivity index (χ4n) is 5.93. The molecule has 0 amide bonds. The zero-order valence-corrected chi connectivity index (χ0v) is 44.0. The Morgan fingerprint density at radius 2 is 1.35 bits per heavy atom. The van der Waals surface area contributed by atoms with Gasteiger partial charge < -0.3 is 18.0 Å². The fourth-order valence-corrected chi connectivity index (χ4v) is 10.5. The Balaban J connectivity index is 3.51. The van der Waals surface area contributed by atoms with Crippen molar-refractivity contribution < 1.29 is 27.6 Å². The number of Topliss-reactive ketones (excluding diaryl/α,β-unsaturated/α-hetero) is 1. The van der Waals surface area contributed by atoms with E-state index in [9.17, 15) is 9.59 Å². The Bertz CT molecular complexity index is 1510. The third-order valence-corrected chi connectivity index (χ3v) is 27.6. The van der Waals surface area contributed by atoms with Crippen LogP contribution in [0.5, 0.6) is 0 Å². The van der Waals surface area contributed by atoms with Gasteiger partial charge in [0.1, 0.15) is 16.9 Å². The first kappa shape index (κ1) is 53.5. The SMILES string of the molecule is C=CCCC[C@H](C)[C@H](O[Si](C)(C)C(C)(C)C)[C@@H](C)C(=O)C(C)(C)[C@H](CC(=O)O[C@@H](CC=C)/C(C)=C/c1csc(CO[Si](C)(C)C(C)(C)C)n1)O[Si](C)(C)C(C)(C)C. The van der Waals surface area contributed by atoms with Crippen molar-refractivity contribution in [3.63, 3.8) is 0 Å². The van der Waals surface area contributed by atoms with E-state index in [-0.39, 0.29) is 39.3 Å². The van der Waals surface area contributed by atoms with E-state index in [2.05, 4.69) is 122 Å². The molecule has 0 saturated heterocycles. The number of carbonyl (C=O) groups excluding carboxylic acids is 2. The summed E-state index contributed by atoms with van der Waals surface area (Å²) in [6.07, 6.45) is 7.46. The molecule has 0 saturated carbocycles. The van der Waals surface area contributed by atoms with Gasteiger partial charge in [0.2, 0.25) is 0 Å². The highest BCUT2D eigenvalue weighted by molar-refractivity contribution is 7.09. The number of thiazole rings is 1. The van der Waals surface area contributed by atoms with Gasteiger partial charge in [0.25, 0.3) is 0 Å². The average Bonchev–Trinajstić information content (AvgIpc) is 3.50. The van der Waals surface area contributed by atoms with Crippen LogP contribution >= 0.6 is 11.3 Å². The smallest absolute Gasteiger partial charge is 0.309 e. The number of nitrogens with zero attached hydrogens (tertiary/aromatic N) is 1. The molecule has 0 N–H and O–H groups in total. The largest absolute Gasteiger partial charge is 0.457 e. The standard InChI is InChI=1S/C46H85NO6SSi3/c1-23-25-26-28-33(3)41(53-57(21,22)45(12,13)14)35(5)42(49)46(15,16)38(52-56(19,20)44(9,10)11)30-40(48)51-37(27-24-2)34(4)29-36-32-54-39(47-36)31-50-55(17,18)43(6,7)8/h23-24,29,32-33,35,37-38,41H,1-2,25-28,30-31H2,3-22H3/b34-29+/t33-,35+,37-,38-,41-/m0/s1. The first-order valence-corrected chi connectivity index (χ1v) is 30.8. The Labute approximate surface area is 357 Å². The molecule has 0 aromatic carbocycles. The maximum absolute atomic E-state index is 15.0. The lowest BCUT2D eigenvalue weighted by Crippen LogP contribution is -2.54. The monoisotopic (exact) mass is 864 g/mol. The van der Waals surface area contributed by atoms with Gasteiger partial charge in [-0.15, -0.1) is 24.5 Å². The number of unbranched alkanes of at least 4 members (excludes halogenated alkanes) is 1. The van der Waals surface area contributed by atoms with Crippen LogP contribution in [-0.4, -0.2) is 60.0 Å². The van der Waals surface area contributed by atoms with Crippen LogP contribution in [0.25, 0.3) is 6.08 Å². The van der Waals surface area contributed by atoms with E-state index in [0.717, 1.165) is 35.5 Å². The van der Waals surface area contributed by atoms with Gasteiger partial charge in [0, 0.05) is 23.1 Å². The molecular weight excluding hydrogens is 779 g/mol. The number of ketones is 1. The average molecular weight is 865 g/mol. The van der Waals surface area contributed by atoms with Crippen LogP contribution < -0.4 is 0 Å². The fraction of sp³-hybridized carbons (Fsp3) is 0.761. The Morgan fingerprint density at radius 1 is 0.825 bits per heavy atom. The number of carbonyl (C=O) groups is 2. The third-order valence-electron chi connectivity index (χ3n) is 13.3. The van der Waals surface area contributed by atoms with Crippen molar-refractivity contribution in [3.8, 4) is 0 Å². The summed E-state index contributed by atoms with van der Waals surface area (Å²) in [4.78, 5) is 33.9. The molecule has 328 valence electrons. The Kier molecular flexibility index (Phi) is 19.6. The molecule has 0 aliphatic rings. The summed E-state index contributed by atoms with van der Waals surface area (Å²) in [6.45, 7) is 51.7. The molecule has 0 unspecified atom stereocenters. The first-order valence-electron chi connectivity index (χ1n) is 21.2. The molecule has 0 bridgehead atoms. The van der Waals surface area contributed by atoms with Crippen molar-refractivity contribution in [1.29, 1.82) is 0 Å². The second-order valence-corrected chi connectivity index (χ2v) is 36.9. The molecule has 11 heteroatoms. The number of hydrogen-bond acceptors (Lipinski definition) is 8. The predicted octanol–water partition coefficient (Wildman–Crippen LogP) is 14.0. The second kappa shape index (κ2) is 20.9. The van der Waals surface area contributed by atoms with Gasteiger partial charge in [0.15, 0.2) is 25.0 Å². The van der Waals surface area contributed by atoms with Gasteiger partial charge in [0.05, 0.1) is 30.9 Å². The normalized spacial score (nSPS) is 16.7. The molecule has 0 spiro atoms. The van der Waals surface area contributed by atoms with Gasteiger partial charge in [-0.05, 0) is 98.2 Å². The zero-order chi connectivity index (χ0) is 44.6. The van der Waals surface area contributed by atoms with Crippen LogP contribution in [0, 0.1) is 17.3 Å². The minimum Gasteiger partial charge on any atom is -0.457 e. The lowest BCUT2D eigenvalue weighted by molar-refractivity contribution is -0.153. The summed E-state index contributed by atoms with van der Waals surface area (Å²) in [5.41, 5.74) is 0.670. The van der Waals surface area contributed by atoms with Crippen molar-refractivity contribution in [3.05, 3.63) is 47.0 Å². The second-order valence-electron chi connectivity index (χ2n) is 21.6. The maximum Gasteiger partial charge on any atom is 0.309 e. The van der Waals surface area contributed by atoms with Crippen LogP contribution in [0.2, 0.25) is 54.4 Å². The minimum atomic E-state index is -2.45. The molecule has 1 heterocycles. The van der Waals surface area contributed by atoms with Gasteiger partial charge in [-0.1, -0.05) is 102 Å². The molecule has 1 rings (SSSR count). The highest BCUT2D eigenvalue weighted by Crippen LogP contribution is 2.44. The zero-order valence-electron chi connectivity index (χ0n) is 40.2. The molecule has 7 nitrogen and oxygen atoms in total. The number of rotatable bonds is 23. The van der Waals surface area contributed by atoms with Crippen LogP contribution in [0.15, 0.2) is 36.3 Å². The van der Waals surface area contributed by atoms with Crippen LogP contribution in [-0.2, 0) is 34.2 Å². The Morgan fingerprint density at radius 3 is 1.84 bits per heavy atom. The van der Waals surface area contributed by atoms with Crippen molar-refractivity contribution >= 4 is 54.1 Å². The number of hydrogen-bond donors (Lipinski definition) is 0. The summed E-state index contributed by atoms with van der Waals surface area (Å²) in [7, 11) is -6.60. The van der Waals surface area contributed by atoms with E-state index < -0.39 is 54.5 Å². The molecule has 1 aromatic rings. The number of ether oxygens (including phenoxy) is 1. The molecule has 0 aliphatic carbocycles. The molecule has 57 heavy (non-hydrogen) atoms. The van der Waals surface area contributed by atoms with Crippen molar-refractivity contribution in [1.82, 2.24) is 4.98 Å². The van der Waals surface area contributed by atoms with E-state index in [4.69, 9.17) is 23.0 Å². The predicted molar refractivity (Wildman–Crippen MR) is 252 cm³/mol. The molecule has 5 atom stereocenters. The summed E-state index contributed by atoms with van der Waals surface area (Å²) in [5, 5.41) is 2.90. The Hall–Kier alpha value is -1.48. The summed E-state index contributed by atoms with van der Waals surface area (Å²) >= 11 is 1.58. The maximum atomic E-state index is 15.0. The van der Waals surface area contributed by atoms with Crippen LogP contribution in [0.3, 0.4) is 0 Å². The van der Waals surface area contributed by atoms with Crippen molar-refractivity contribution in [2.24, 2.45) is 17.3 Å². The summed E-state index contributed by atoms with van der Waals surface area (Å²) < 4.78 is 26.9. The molecule has 1 aromatic heterocycles. The number of esters is 1. The van der Waals surface area contributed by atoms with E-state index >= 15 is 0 Å².